The summed E-state index contributed by atoms with van der Waals surface area (Å²) in [5.41, 5.74) is 12.4. The molecule has 0 fully saturated rings. The van der Waals surface area contributed by atoms with Gasteiger partial charge in [-0.3, -0.25) is 4.79 Å². The molecule has 4 heteroatoms. The average molecular weight is 373 g/mol. The third-order valence-electron chi connectivity index (χ3n) is 5.08. The van der Waals surface area contributed by atoms with Crippen LogP contribution in [0, 0.1) is 6.92 Å². The number of carbonyl (C=O) groups is 1. The molecule has 4 rings (SSSR count). The van der Waals surface area contributed by atoms with Crippen molar-refractivity contribution in [3.05, 3.63) is 88.5 Å². The first kappa shape index (κ1) is 18.3. The van der Waals surface area contributed by atoms with Crippen molar-refractivity contribution in [1.82, 2.24) is 0 Å². The number of nitrogens with two attached hydrogens (primary N) is 1. The van der Waals surface area contributed by atoms with Gasteiger partial charge in [0, 0.05) is 12.0 Å². The fraction of sp³-hybridized carbons (Fsp3) is 0.208. The Hall–Kier alpha value is -3.11. The topological polar surface area (TPSA) is 61.6 Å². The van der Waals surface area contributed by atoms with Crippen molar-refractivity contribution in [1.29, 1.82) is 0 Å². The van der Waals surface area contributed by atoms with Gasteiger partial charge in [-0.1, -0.05) is 42.5 Å². The quantitative estimate of drug-likeness (QED) is 0.696. The molecule has 1 aliphatic heterocycles. The molecular weight excluding hydrogens is 350 g/mol. The number of amides is 1. The molecule has 0 unspecified atom stereocenters. The lowest BCUT2D eigenvalue weighted by molar-refractivity contribution is 0.0999. The molecule has 1 amide bonds. The number of carbonyl (C=O) groups excluding carboxylic acids is 1. The smallest absolute Gasteiger partial charge is 0.249 e. The zero-order valence-electron chi connectivity index (χ0n) is 15.9. The van der Waals surface area contributed by atoms with Crippen molar-refractivity contribution in [3.8, 4) is 16.9 Å². The van der Waals surface area contributed by atoms with Crippen molar-refractivity contribution in [3.63, 3.8) is 0 Å². The van der Waals surface area contributed by atoms with Gasteiger partial charge >= 0.3 is 0 Å². The molecule has 2 N–H and O–H groups in total. The molecule has 0 aliphatic carbocycles. The molecule has 0 spiro atoms. The van der Waals surface area contributed by atoms with Crippen LogP contribution < -0.4 is 10.5 Å². The maximum absolute atomic E-state index is 11.9. The van der Waals surface area contributed by atoms with Crippen molar-refractivity contribution in [2.45, 2.75) is 26.6 Å². The Kier molecular flexibility index (Phi) is 5.13. The first-order chi connectivity index (χ1) is 13.6. The van der Waals surface area contributed by atoms with E-state index in [4.69, 9.17) is 15.2 Å². The SMILES string of the molecule is Cc1ccccc1-c1cc(COCc2ccc3c(c2)OCC3)ccc1C(N)=O. The van der Waals surface area contributed by atoms with E-state index in [9.17, 15) is 4.79 Å². The van der Waals surface area contributed by atoms with Crippen LogP contribution >= 0.6 is 0 Å². The maximum atomic E-state index is 11.9. The van der Waals surface area contributed by atoms with Gasteiger partial charge in [-0.05, 0) is 58.5 Å². The van der Waals surface area contributed by atoms with Crippen LogP contribution in [0.5, 0.6) is 5.75 Å². The fourth-order valence-corrected chi connectivity index (χ4v) is 3.58. The lowest BCUT2D eigenvalue weighted by atomic mass is 9.94. The number of aryl methyl sites for hydroxylation is 1. The number of fused-ring (bicyclic) bond motifs is 1. The minimum Gasteiger partial charge on any atom is -0.493 e. The van der Waals surface area contributed by atoms with Gasteiger partial charge in [0.25, 0.3) is 0 Å². The van der Waals surface area contributed by atoms with E-state index in [-0.39, 0.29) is 0 Å². The van der Waals surface area contributed by atoms with E-state index in [1.54, 1.807) is 6.07 Å². The van der Waals surface area contributed by atoms with E-state index >= 15 is 0 Å². The van der Waals surface area contributed by atoms with E-state index in [0.717, 1.165) is 46.6 Å². The molecule has 0 radical (unpaired) electrons. The summed E-state index contributed by atoms with van der Waals surface area (Å²) in [6, 6.07) is 19.9. The highest BCUT2D eigenvalue weighted by atomic mass is 16.5. The van der Waals surface area contributed by atoms with Crippen LogP contribution in [0.3, 0.4) is 0 Å². The third kappa shape index (κ3) is 3.78. The standard InChI is InChI=1S/C24H23NO3/c1-16-4-2-3-5-20(16)22-12-17(7-9-21(22)24(25)26)14-27-15-18-6-8-19-10-11-28-23(19)13-18/h2-9,12-13H,10-11,14-15H2,1H3,(H2,25,26). The molecule has 0 saturated heterocycles. The number of ether oxygens (including phenoxy) is 2. The van der Waals surface area contributed by atoms with E-state index in [0.29, 0.717) is 18.8 Å². The molecule has 1 aliphatic rings. The summed E-state index contributed by atoms with van der Waals surface area (Å²) in [6.07, 6.45) is 0.977. The molecule has 1 heterocycles. The van der Waals surface area contributed by atoms with Gasteiger partial charge in [-0.2, -0.15) is 0 Å². The first-order valence-electron chi connectivity index (χ1n) is 9.43. The van der Waals surface area contributed by atoms with Crippen molar-refractivity contribution in [2.24, 2.45) is 5.73 Å². The Morgan fingerprint density at radius 3 is 2.54 bits per heavy atom. The largest absolute Gasteiger partial charge is 0.493 e. The van der Waals surface area contributed by atoms with Crippen molar-refractivity contribution >= 4 is 5.91 Å². The summed E-state index contributed by atoms with van der Waals surface area (Å²) in [4.78, 5) is 11.9. The highest BCUT2D eigenvalue weighted by molar-refractivity contribution is 6.00. The van der Waals surface area contributed by atoms with E-state index in [2.05, 4.69) is 18.2 Å². The van der Waals surface area contributed by atoms with Gasteiger partial charge < -0.3 is 15.2 Å². The molecule has 0 saturated carbocycles. The number of hydrogen-bond donors (Lipinski definition) is 1. The third-order valence-corrected chi connectivity index (χ3v) is 5.08. The van der Waals surface area contributed by atoms with Crippen LogP contribution in [0.4, 0.5) is 0 Å². The van der Waals surface area contributed by atoms with Crippen molar-refractivity contribution in [2.75, 3.05) is 6.61 Å². The van der Waals surface area contributed by atoms with E-state index in [1.165, 1.54) is 5.56 Å². The van der Waals surface area contributed by atoms with Crippen LogP contribution in [0.25, 0.3) is 11.1 Å². The minimum atomic E-state index is -0.427. The maximum Gasteiger partial charge on any atom is 0.249 e. The summed E-state index contributed by atoms with van der Waals surface area (Å²) < 4.78 is 11.5. The second-order valence-electron chi connectivity index (χ2n) is 7.09. The van der Waals surface area contributed by atoms with Crippen LogP contribution in [0.2, 0.25) is 0 Å². The second-order valence-corrected chi connectivity index (χ2v) is 7.09. The molecule has 0 bridgehead atoms. The second kappa shape index (κ2) is 7.87. The first-order valence-corrected chi connectivity index (χ1v) is 9.43. The predicted octanol–water partition coefficient (Wildman–Crippen LogP) is 4.41. The Morgan fingerprint density at radius 1 is 1.00 bits per heavy atom. The Bertz CT molecular complexity index is 1030. The van der Waals surface area contributed by atoms with Gasteiger partial charge in [-0.25, -0.2) is 0 Å². The van der Waals surface area contributed by atoms with Crippen LogP contribution in [-0.2, 0) is 24.4 Å². The lowest BCUT2D eigenvalue weighted by Crippen LogP contribution is -2.13. The van der Waals surface area contributed by atoms with Crippen molar-refractivity contribution < 1.29 is 14.3 Å². The Morgan fingerprint density at radius 2 is 1.75 bits per heavy atom. The molecule has 28 heavy (non-hydrogen) atoms. The van der Waals surface area contributed by atoms with Gasteiger partial charge in [0.2, 0.25) is 5.91 Å². The summed E-state index contributed by atoms with van der Waals surface area (Å²) in [6.45, 7) is 3.75. The molecule has 0 aromatic heterocycles. The zero-order valence-corrected chi connectivity index (χ0v) is 15.9. The summed E-state index contributed by atoms with van der Waals surface area (Å²) >= 11 is 0. The number of primary amides is 1. The van der Waals surface area contributed by atoms with Crippen LogP contribution in [0.1, 0.15) is 32.6 Å². The Labute approximate surface area is 164 Å². The van der Waals surface area contributed by atoms with Gasteiger partial charge in [-0.15, -0.1) is 0 Å². The Balaban J connectivity index is 1.51. The van der Waals surface area contributed by atoms with Crippen LogP contribution in [-0.4, -0.2) is 12.5 Å². The molecular formula is C24H23NO3. The van der Waals surface area contributed by atoms with E-state index in [1.807, 2.05) is 43.3 Å². The van der Waals surface area contributed by atoms with Gasteiger partial charge in [0.1, 0.15) is 5.75 Å². The number of benzene rings is 3. The minimum absolute atomic E-state index is 0.427. The summed E-state index contributed by atoms with van der Waals surface area (Å²) in [5, 5.41) is 0. The fourth-order valence-electron chi connectivity index (χ4n) is 3.58. The van der Waals surface area contributed by atoms with Gasteiger partial charge in [0.05, 0.1) is 19.8 Å². The zero-order chi connectivity index (χ0) is 19.5. The molecule has 3 aromatic rings. The normalized spacial score (nSPS) is 12.5. The summed E-state index contributed by atoms with van der Waals surface area (Å²) in [7, 11) is 0. The van der Waals surface area contributed by atoms with E-state index < -0.39 is 5.91 Å². The highest BCUT2D eigenvalue weighted by Gasteiger charge is 2.14. The highest BCUT2D eigenvalue weighted by Crippen LogP contribution is 2.29. The monoisotopic (exact) mass is 373 g/mol. The number of hydrogen-bond acceptors (Lipinski definition) is 3. The average Bonchev–Trinajstić information content (AvgIpc) is 3.16. The van der Waals surface area contributed by atoms with Crippen LogP contribution in [0.15, 0.2) is 60.7 Å². The molecule has 4 nitrogen and oxygen atoms in total. The predicted molar refractivity (Wildman–Crippen MR) is 109 cm³/mol. The summed E-state index contributed by atoms with van der Waals surface area (Å²) in [5.74, 6) is 0.539. The lowest BCUT2D eigenvalue weighted by Gasteiger charge is -2.13. The molecule has 142 valence electrons. The van der Waals surface area contributed by atoms with Gasteiger partial charge in [0.15, 0.2) is 0 Å². The molecule has 3 aromatic carbocycles. The molecule has 0 atom stereocenters. The number of rotatable bonds is 6.